The van der Waals surface area contributed by atoms with E-state index in [1.165, 1.54) is 18.2 Å². The molecule has 0 saturated heterocycles. The van der Waals surface area contributed by atoms with E-state index in [9.17, 15) is 19.2 Å². The molecule has 0 amide bonds. The maximum Gasteiger partial charge on any atom is 0.313 e. The molecule has 0 N–H and O–H groups in total. The van der Waals surface area contributed by atoms with E-state index in [1.54, 1.807) is 13.0 Å². The number of hydrogen-bond donors (Lipinski definition) is 0. The lowest BCUT2D eigenvalue weighted by Crippen LogP contribution is -2.18. The van der Waals surface area contributed by atoms with Gasteiger partial charge in [0.25, 0.3) is 0 Å². The molecule has 6 nitrogen and oxygen atoms in total. The minimum Gasteiger partial charge on any atom is -0.466 e. The molecule has 0 saturated carbocycles. The van der Waals surface area contributed by atoms with E-state index in [1.807, 2.05) is 0 Å². The number of esters is 1. The van der Waals surface area contributed by atoms with E-state index in [-0.39, 0.29) is 34.8 Å². The number of furan rings is 1. The monoisotopic (exact) mass is 390 g/mol. The van der Waals surface area contributed by atoms with Gasteiger partial charge in [-0.25, -0.2) is 0 Å². The van der Waals surface area contributed by atoms with Crippen molar-refractivity contribution in [3.05, 3.63) is 56.9 Å². The Morgan fingerprint density at radius 3 is 2.54 bits per heavy atom. The van der Waals surface area contributed by atoms with E-state index < -0.39 is 29.7 Å². The van der Waals surface area contributed by atoms with Gasteiger partial charge in [-0.3, -0.25) is 19.2 Å². The smallest absolute Gasteiger partial charge is 0.313 e. The molecule has 0 atom stereocenters. The minimum atomic E-state index is -0.693. The van der Waals surface area contributed by atoms with Crippen LogP contribution in [0.15, 0.2) is 33.2 Å². The summed E-state index contributed by atoms with van der Waals surface area (Å²) in [6.45, 7) is 1.78. The number of ether oxygens (including phenoxy) is 1. The summed E-state index contributed by atoms with van der Waals surface area (Å²) in [5.74, 6) is -2.60. The van der Waals surface area contributed by atoms with Gasteiger partial charge in [-0.1, -0.05) is 15.9 Å². The van der Waals surface area contributed by atoms with Crippen LogP contribution in [0.1, 0.15) is 55.9 Å². The Kier molecular flexibility index (Phi) is 4.19. The van der Waals surface area contributed by atoms with Crippen molar-refractivity contribution >= 4 is 39.2 Å². The van der Waals surface area contributed by atoms with E-state index in [2.05, 4.69) is 15.9 Å². The number of halogens is 1. The van der Waals surface area contributed by atoms with Gasteiger partial charge >= 0.3 is 5.97 Å². The van der Waals surface area contributed by atoms with Crippen LogP contribution >= 0.6 is 15.9 Å². The maximum atomic E-state index is 12.5. The molecule has 0 aliphatic heterocycles. The molecule has 0 bridgehead atoms. The molecule has 0 unspecified atom stereocenters. The fraction of sp³-hybridized carbons (Fsp3) is 0.176. The molecule has 1 aromatic heterocycles. The number of rotatable bonds is 4. The lowest BCUT2D eigenvalue weighted by atomic mass is 9.88. The second-order valence-corrected chi connectivity index (χ2v) is 6.02. The number of ketones is 3. The average molecular weight is 391 g/mol. The SMILES string of the molecule is CCOC(=O)CC(=O)c1cc2c(o1)C(=O)c1cc(Br)ccc1C2=O. The van der Waals surface area contributed by atoms with Crippen molar-refractivity contribution in [1.82, 2.24) is 0 Å². The van der Waals surface area contributed by atoms with Crippen LogP contribution in [0.25, 0.3) is 0 Å². The summed E-state index contributed by atoms with van der Waals surface area (Å²) in [4.78, 5) is 48.4. The van der Waals surface area contributed by atoms with Crippen molar-refractivity contribution in [2.45, 2.75) is 13.3 Å². The van der Waals surface area contributed by atoms with E-state index in [0.717, 1.165) is 0 Å². The quantitative estimate of drug-likeness (QED) is 0.386. The summed E-state index contributed by atoms with van der Waals surface area (Å²) >= 11 is 3.25. The molecule has 24 heavy (non-hydrogen) atoms. The molecular formula is C17H11BrO6. The third-order valence-electron chi connectivity index (χ3n) is 3.54. The average Bonchev–Trinajstić information content (AvgIpc) is 2.98. The lowest BCUT2D eigenvalue weighted by Gasteiger charge is -2.12. The fourth-order valence-electron chi connectivity index (χ4n) is 2.47. The van der Waals surface area contributed by atoms with E-state index >= 15 is 0 Å². The molecule has 3 rings (SSSR count). The Labute approximate surface area is 144 Å². The first kappa shape index (κ1) is 16.3. The largest absolute Gasteiger partial charge is 0.466 e. The summed E-state index contributed by atoms with van der Waals surface area (Å²) in [7, 11) is 0. The second kappa shape index (κ2) is 6.16. The van der Waals surface area contributed by atoms with Gasteiger partial charge in [0.2, 0.25) is 11.6 Å². The normalized spacial score (nSPS) is 12.6. The third kappa shape index (κ3) is 2.71. The van der Waals surface area contributed by atoms with Crippen LogP contribution in [0.2, 0.25) is 0 Å². The van der Waals surface area contributed by atoms with Crippen molar-refractivity contribution in [3.63, 3.8) is 0 Å². The molecule has 1 heterocycles. The summed E-state index contributed by atoms with van der Waals surface area (Å²) in [5, 5.41) is 0. The van der Waals surface area contributed by atoms with Crippen molar-refractivity contribution in [3.8, 4) is 0 Å². The van der Waals surface area contributed by atoms with Crippen LogP contribution in [0, 0.1) is 0 Å². The Morgan fingerprint density at radius 2 is 1.83 bits per heavy atom. The second-order valence-electron chi connectivity index (χ2n) is 5.11. The van der Waals surface area contributed by atoms with Gasteiger partial charge in [0.05, 0.1) is 12.2 Å². The summed E-state index contributed by atoms with van der Waals surface area (Å²) in [6, 6.07) is 5.93. The van der Waals surface area contributed by atoms with Gasteiger partial charge in [-0.15, -0.1) is 0 Å². The number of fused-ring (bicyclic) bond motifs is 2. The van der Waals surface area contributed by atoms with Gasteiger partial charge in [-0.2, -0.15) is 0 Å². The van der Waals surface area contributed by atoms with E-state index in [4.69, 9.17) is 9.15 Å². The zero-order valence-corrected chi connectivity index (χ0v) is 14.1. The van der Waals surface area contributed by atoms with Gasteiger partial charge in [0.15, 0.2) is 17.3 Å². The highest BCUT2D eigenvalue weighted by Gasteiger charge is 2.35. The molecule has 1 aromatic carbocycles. The Bertz CT molecular complexity index is 892. The van der Waals surface area contributed by atoms with Gasteiger partial charge in [0.1, 0.15) is 6.42 Å². The topological polar surface area (TPSA) is 90.7 Å². The molecular weight excluding hydrogens is 380 g/mol. The van der Waals surface area contributed by atoms with Gasteiger partial charge < -0.3 is 9.15 Å². The highest BCUT2D eigenvalue weighted by atomic mass is 79.9. The molecule has 0 radical (unpaired) electrons. The van der Waals surface area contributed by atoms with E-state index in [0.29, 0.717) is 4.47 Å². The molecule has 7 heteroatoms. The number of Topliss-reactive ketones (excluding diaryl/α,β-unsaturated/α-hetero) is 1. The third-order valence-corrected chi connectivity index (χ3v) is 4.03. The summed E-state index contributed by atoms with van der Waals surface area (Å²) < 4.78 is 10.6. The van der Waals surface area contributed by atoms with Crippen molar-refractivity contribution < 1.29 is 28.3 Å². The zero-order chi connectivity index (χ0) is 17.4. The molecule has 0 spiro atoms. The Morgan fingerprint density at radius 1 is 1.08 bits per heavy atom. The molecule has 2 aromatic rings. The number of hydrogen-bond acceptors (Lipinski definition) is 6. The van der Waals surface area contributed by atoms with Gasteiger partial charge in [-0.05, 0) is 31.2 Å². The van der Waals surface area contributed by atoms with Crippen LogP contribution in [0.5, 0.6) is 0 Å². The minimum absolute atomic E-state index is 0.0297. The predicted octanol–water partition coefficient (Wildman–Crippen LogP) is 2.95. The molecule has 1 aliphatic carbocycles. The molecule has 0 fully saturated rings. The predicted molar refractivity (Wildman–Crippen MR) is 85.3 cm³/mol. The van der Waals surface area contributed by atoms with Crippen molar-refractivity contribution in [2.75, 3.05) is 6.61 Å². The van der Waals surface area contributed by atoms with Crippen LogP contribution in [-0.4, -0.2) is 29.9 Å². The number of carbonyl (C=O) groups is 4. The number of carbonyl (C=O) groups excluding carboxylic acids is 4. The van der Waals surface area contributed by atoms with Crippen molar-refractivity contribution in [1.29, 1.82) is 0 Å². The molecule has 1 aliphatic rings. The summed E-state index contributed by atoms with van der Waals surface area (Å²) in [6.07, 6.45) is -0.513. The lowest BCUT2D eigenvalue weighted by molar-refractivity contribution is -0.142. The Hall–Kier alpha value is -2.54. The van der Waals surface area contributed by atoms with Crippen molar-refractivity contribution in [2.24, 2.45) is 0 Å². The standard InChI is InChI=1S/C17H11BrO6/c1-2-23-14(20)7-12(19)13-6-11-15(21)9-4-3-8(18)5-10(9)16(22)17(11)24-13/h3-6H,2,7H2,1H3. The highest BCUT2D eigenvalue weighted by Crippen LogP contribution is 2.31. The van der Waals surface area contributed by atoms with Crippen LogP contribution < -0.4 is 0 Å². The number of benzene rings is 1. The summed E-state index contributed by atoms with van der Waals surface area (Å²) in [5.41, 5.74) is 0.489. The van der Waals surface area contributed by atoms with Gasteiger partial charge in [0, 0.05) is 15.6 Å². The zero-order valence-electron chi connectivity index (χ0n) is 12.6. The van der Waals surface area contributed by atoms with Crippen LogP contribution in [-0.2, 0) is 9.53 Å². The Balaban J connectivity index is 1.97. The van der Waals surface area contributed by atoms with Crippen LogP contribution in [0.3, 0.4) is 0 Å². The first-order valence-corrected chi connectivity index (χ1v) is 7.93. The molecule has 122 valence electrons. The maximum absolute atomic E-state index is 12.5. The first-order chi connectivity index (χ1) is 11.4. The van der Waals surface area contributed by atoms with Crippen LogP contribution in [0.4, 0.5) is 0 Å². The fourth-order valence-corrected chi connectivity index (χ4v) is 2.83. The highest BCUT2D eigenvalue weighted by molar-refractivity contribution is 9.10. The first-order valence-electron chi connectivity index (χ1n) is 7.14.